The summed E-state index contributed by atoms with van der Waals surface area (Å²) in [4.78, 5) is 4.80. The lowest BCUT2D eigenvalue weighted by molar-refractivity contribution is 0.356. The Morgan fingerprint density at radius 3 is 2.27 bits per heavy atom. The van der Waals surface area contributed by atoms with Gasteiger partial charge in [-0.15, -0.1) is 0 Å². The van der Waals surface area contributed by atoms with Crippen molar-refractivity contribution in [3.63, 3.8) is 0 Å². The number of fused-ring (bicyclic) bond motifs is 3. The van der Waals surface area contributed by atoms with Gasteiger partial charge in [-0.3, -0.25) is 4.98 Å². The number of hydrogen-bond donors (Lipinski definition) is 0. The van der Waals surface area contributed by atoms with Crippen LogP contribution in [0.5, 0.6) is 11.5 Å². The van der Waals surface area contributed by atoms with E-state index in [1.807, 2.05) is 26.0 Å². The number of pyridine rings is 1. The molecule has 0 fully saturated rings. The summed E-state index contributed by atoms with van der Waals surface area (Å²) in [6, 6.07) is 10.3. The fourth-order valence-electron chi connectivity index (χ4n) is 4.04. The summed E-state index contributed by atoms with van der Waals surface area (Å²) in [5.74, 6) is 0.969. The Hall–Kier alpha value is -2.36. The van der Waals surface area contributed by atoms with Crippen molar-refractivity contribution in [2.24, 2.45) is 0 Å². The van der Waals surface area contributed by atoms with E-state index in [4.69, 9.17) is 9.47 Å². The average Bonchev–Trinajstić information content (AvgIpc) is 3.12. The highest BCUT2D eigenvalue weighted by Gasteiger charge is 2.27. The largest absolute Gasteiger partial charge is 0.493 e. The summed E-state index contributed by atoms with van der Waals surface area (Å²) < 4.78 is 40.9. The number of ether oxygens (including phenoxy) is 2. The Balaban J connectivity index is 2.22. The standard InChI is InChI=1S/C24H22Br2N2O4S/c1-5-16-18(11-23(25)26)27-13-20-24(16)17-10-21(31-3)22(32-4)12-19(17)28(20)33(29,30)15-8-6-14(2)7-9-15/h6-13H,5H2,1-4H3. The van der Waals surface area contributed by atoms with Gasteiger partial charge >= 0.3 is 0 Å². The van der Waals surface area contributed by atoms with Crippen molar-refractivity contribution >= 4 is 69.8 Å². The van der Waals surface area contributed by atoms with E-state index in [1.54, 1.807) is 43.6 Å². The zero-order valence-corrected chi connectivity index (χ0v) is 22.5. The van der Waals surface area contributed by atoms with Gasteiger partial charge < -0.3 is 9.47 Å². The monoisotopic (exact) mass is 592 g/mol. The van der Waals surface area contributed by atoms with Crippen LogP contribution >= 0.6 is 31.9 Å². The molecule has 4 aromatic rings. The molecule has 2 heterocycles. The van der Waals surface area contributed by atoms with Gasteiger partial charge in [0.05, 0.1) is 45.4 Å². The molecule has 0 radical (unpaired) electrons. The minimum atomic E-state index is -3.92. The molecule has 9 heteroatoms. The van der Waals surface area contributed by atoms with E-state index in [0.29, 0.717) is 29.0 Å². The molecule has 33 heavy (non-hydrogen) atoms. The number of rotatable bonds is 6. The van der Waals surface area contributed by atoms with Gasteiger partial charge in [0.25, 0.3) is 10.0 Å². The SMILES string of the molecule is CCc1c(C=C(Br)Br)ncc2c1c1cc(OC)c(OC)cc1n2S(=O)(=O)c1ccc(C)cc1. The smallest absolute Gasteiger partial charge is 0.268 e. The van der Waals surface area contributed by atoms with Crippen LogP contribution in [-0.4, -0.2) is 31.6 Å². The summed E-state index contributed by atoms with van der Waals surface area (Å²) in [5.41, 5.74) is 3.66. The number of benzene rings is 2. The van der Waals surface area contributed by atoms with Gasteiger partial charge in [-0.1, -0.05) is 24.6 Å². The van der Waals surface area contributed by atoms with E-state index in [9.17, 15) is 8.42 Å². The first kappa shape index (κ1) is 23.8. The van der Waals surface area contributed by atoms with Crippen LogP contribution < -0.4 is 9.47 Å². The maximum Gasteiger partial charge on any atom is 0.268 e. The highest BCUT2D eigenvalue weighted by Crippen LogP contribution is 2.41. The van der Waals surface area contributed by atoms with Crippen molar-refractivity contribution in [2.45, 2.75) is 25.2 Å². The molecule has 0 bridgehead atoms. The van der Waals surface area contributed by atoms with Crippen LogP contribution in [-0.2, 0) is 16.4 Å². The van der Waals surface area contributed by atoms with Crippen LogP contribution in [0.3, 0.4) is 0 Å². The van der Waals surface area contributed by atoms with Crippen molar-refractivity contribution in [3.05, 3.63) is 62.8 Å². The Kier molecular flexibility index (Phi) is 6.57. The molecule has 0 saturated heterocycles. The van der Waals surface area contributed by atoms with Gasteiger partial charge in [0.2, 0.25) is 0 Å². The molecule has 0 spiro atoms. The Labute approximate surface area is 209 Å². The summed E-state index contributed by atoms with van der Waals surface area (Å²) >= 11 is 6.81. The van der Waals surface area contributed by atoms with Crippen LogP contribution in [0.25, 0.3) is 27.9 Å². The van der Waals surface area contributed by atoms with Gasteiger partial charge in [-0.05, 0) is 75.0 Å². The van der Waals surface area contributed by atoms with E-state index in [-0.39, 0.29) is 4.90 Å². The number of methoxy groups -OCH3 is 2. The van der Waals surface area contributed by atoms with E-state index in [0.717, 1.165) is 31.0 Å². The van der Waals surface area contributed by atoms with Crippen LogP contribution in [0.15, 0.2) is 50.9 Å². The second-order valence-electron chi connectivity index (χ2n) is 7.48. The van der Waals surface area contributed by atoms with Crippen molar-refractivity contribution in [2.75, 3.05) is 14.2 Å². The number of aryl methyl sites for hydroxylation is 2. The molecule has 4 rings (SSSR count). The molecule has 0 aliphatic carbocycles. The lowest BCUT2D eigenvalue weighted by Gasteiger charge is -2.12. The van der Waals surface area contributed by atoms with Gasteiger partial charge in [0.15, 0.2) is 11.5 Å². The first-order valence-electron chi connectivity index (χ1n) is 10.2. The molecule has 0 aliphatic rings. The topological polar surface area (TPSA) is 70.4 Å². The molecule has 0 atom stereocenters. The molecule has 0 saturated carbocycles. The molecule has 0 unspecified atom stereocenters. The first-order valence-corrected chi connectivity index (χ1v) is 13.2. The lowest BCUT2D eigenvalue weighted by atomic mass is 10.0. The second kappa shape index (κ2) is 9.12. The van der Waals surface area contributed by atoms with E-state index < -0.39 is 10.0 Å². The number of halogens is 2. The fraction of sp³-hybridized carbons (Fsp3) is 0.208. The third kappa shape index (κ3) is 4.06. The summed E-state index contributed by atoms with van der Waals surface area (Å²) in [7, 11) is -0.836. The molecule has 0 amide bonds. The molecule has 2 aromatic carbocycles. The minimum absolute atomic E-state index is 0.201. The molecule has 6 nitrogen and oxygen atoms in total. The van der Waals surface area contributed by atoms with E-state index in [1.165, 1.54) is 11.1 Å². The third-order valence-electron chi connectivity index (χ3n) is 5.56. The number of aromatic nitrogens is 2. The van der Waals surface area contributed by atoms with Crippen molar-refractivity contribution < 1.29 is 17.9 Å². The minimum Gasteiger partial charge on any atom is -0.493 e. The highest BCUT2D eigenvalue weighted by molar-refractivity contribution is 9.28. The van der Waals surface area contributed by atoms with Crippen LogP contribution in [0, 0.1) is 6.92 Å². The quantitative estimate of drug-likeness (QED) is 0.259. The molecule has 2 aromatic heterocycles. The van der Waals surface area contributed by atoms with Crippen LogP contribution in [0.1, 0.15) is 23.7 Å². The summed E-state index contributed by atoms with van der Waals surface area (Å²) in [6.07, 6.45) is 4.12. The normalized spacial score (nSPS) is 11.7. The summed E-state index contributed by atoms with van der Waals surface area (Å²) in [5, 5.41) is 1.56. The highest BCUT2D eigenvalue weighted by atomic mass is 79.9. The molecule has 172 valence electrons. The van der Waals surface area contributed by atoms with Gasteiger partial charge in [-0.2, -0.15) is 0 Å². The maximum atomic E-state index is 13.9. The predicted molar refractivity (Wildman–Crippen MR) is 139 cm³/mol. The first-order chi connectivity index (χ1) is 15.7. The van der Waals surface area contributed by atoms with Crippen LogP contribution in [0.4, 0.5) is 0 Å². The fourth-order valence-corrected chi connectivity index (χ4v) is 5.97. The molecular weight excluding hydrogens is 572 g/mol. The lowest BCUT2D eigenvalue weighted by Crippen LogP contribution is -2.13. The van der Waals surface area contributed by atoms with Crippen LogP contribution in [0.2, 0.25) is 0 Å². The van der Waals surface area contributed by atoms with Gasteiger partial charge in [0, 0.05) is 16.8 Å². The molecular formula is C24H22Br2N2O4S. The predicted octanol–water partition coefficient (Wildman–Crippen LogP) is 6.40. The van der Waals surface area contributed by atoms with Crippen molar-refractivity contribution in [3.8, 4) is 11.5 Å². The van der Waals surface area contributed by atoms with E-state index in [2.05, 4.69) is 36.8 Å². The zero-order valence-electron chi connectivity index (χ0n) is 18.5. The van der Waals surface area contributed by atoms with Gasteiger partial charge in [-0.25, -0.2) is 12.4 Å². The van der Waals surface area contributed by atoms with Gasteiger partial charge in [0.1, 0.15) is 0 Å². The summed E-state index contributed by atoms with van der Waals surface area (Å²) in [6.45, 7) is 3.94. The number of hydrogen-bond acceptors (Lipinski definition) is 5. The molecule has 0 aliphatic heterocycles. The van der Waals surface area contributed by atoms with Crippen molar-refractivity contribution in [1.29, 1.82) is 0 Å². The Morgan fingerprint density at radius 1 is 1.06 bits per heavy atom. The maximum absolute atomic E-state index is 13.9. The number of nitrogens with zero attached hydrogens (tertiary/aromatic N) is 2. The Morgan fingerprint density at radius 2 is 1.70 bits per heavy atom. The second-order valence-corrected chi connectivity index (χ2v) is 12.0. The zero-order chi connectivity index (χ0) is 23.9. The van der Waals surface area contributed by atoms with E-state index >= 15 is 0 Å². The molecule has 0 N–H and O–H groups in total. The Bertz CT molecular complexity index is 1500. The third-order valence-corrected chi connectivity index (χ3v) is 7.76. The van der Waals surface area contributed by atoms with Crippen molar-refractivity contribution in [1.82, 2.24) is 8.96 Å². The average molecular weight is 594 g/mol.